The molecule has 0 aliphatic heterocycles. The van der Waals surface area contributed by atoms with Crippen molar-refractivity contribution in [3.8, 4) is 0 Å². The number of rotatable bonds is 8. The van der Waals surface area contributed by atoms with E-state index in [1.165, 1.54) is 24.3 Å². The van der Waals surface area contributed by atoms with Crippen molar-refractivity contribution in [1.82, 2.24) is 10.6 Å². The number of carbonyl (C=O) groups excluding carboxylic acids is 2. The van der Waals surface area contributed by atoms with Crippen LogP contribution in [-0.4, -0.2) is 35.0 Å². The van der Waals surface area contributed by atoms with E-state index in [2.05, 4.69) is 31.4 Å². The maximum Gasteiger partial charge on any atom is 0.270 e. The van der Waals surface area contributed by atoms with Crippen molar-refractivity contribution in [3.63, 3.8) is 0 Å². The van der Waals surface area contributed by atoms with Crippen molar-refractivity contribution < 1.29 is 19.6 Å². The molecule has 3 N–H and O–H groups in total. The number of nitrogens with one attached hydrogen (secondary N) is 2. The van der Waals surface area contributed by atoms with Crippen LogP contribution in [0.1, 0.15) is 48.7 Å². The number of amides is 2. The van der Waals surface area contributed by atoms with Crippen LogP contribution in [0.3, 0.4) is 0 Å². The fourth-order valence-electron chi connectivity index (χ4n) is 2.75. The molecular weight excluding hydrogens is 398 g/mol. The molecule has 0 unspecified atom stereocenters. The molecule has 31 heavy (non-hydrogen) atoms. The van der Waals surface area contributed by atoms with E-state index in [-0.39, 0.29) is 30.0 Å². The van der Waals surface area contributed by atoms with Crippen molar-refractivity contribution >= 4 is 23.6 Å². The molecule has 0 heterocycles. The zero-order chi connectivity index (χ0) is 23.0. The van der Waals surface area contributed by atoms with Gasteiger partial charge in [0.25, 0.3) is 17.5 Å². The molecule has 0 bridgehead atoms. The first-order valence-corrected chi connectivity index (χ1v) is 9.89. The number of nitrogens with zero attached hydrogens (tertiary/aromatic N) is 1. The Morgan fingerprint density at radius 1 is 1.13 bits per heavy atom. The van der Waals surface area contributed by atoms with Crippen molar-refractivity contribution in [1.29, 1.82) is 0 Å². The zero-order valence-electron chi connectivity index (χ0n) is 17.8. The molecule has 0 aliphatic carbocycles. The van der Waals surface area contributed by atoms with Crippen LogP contribution in [0.15, 0.2) is 54.2 Å². The Labute approximate surface area is 181 Å². The smallest absolute Gasteiger partial charge is 0.270 e. The third kappa shape index (κ3) is 7.04. The first-order valence-electron chi connectivity index (χ1n) is 9.89. The molecule has 0 saturated heterocycles. The highest BCUT2D eigenvalue weighted by molar-refractivity contribution is 6.05. The van der Waals surface area contributed by atoms with E-state index in [9.17, 15) is 19.7 Å². The fourth-order valence-corrected chi connectivity index (χ4v) is 2.75. The molecule has 8 nitrogen and oxygen atoms in total. The number of hydrogen-bond donors (Lipinski definition) is 3. The Bertz CT molecular complexity index is 975. The van der Waals surface area contributed by atoms with Crippen molar-refractivity contribution in [3.05, 3.63) is 81.0 Å². The van der Waals surface area contributed by atoms with E-state index in [1.54, 1.807) is 18.2 Å². The van der Waals surface area contributed by atoms with E-state index >= 15 is 0 Å². The van der Waals surface area contributed by atoms with E-state index in [0.717, 1.165) is 5.56 Å². The highest BCUT2D eigenvalue weighted by Gasteiger charge is 2.17. The second kappa shape index (κ2) is 10.5. The third-order valence-electron chi connectivity index (χ3n) is 4.52. The molecule has 2 aromatic carbocycles. The van der Waals surface area contributed by atoms with Crippen molar-refractivity contribution in [2.45, 2.75) is 32.6 Å². The minimum Gasteiger partial charge on any atom is -0.396 e. The van der Waals surface area contributed by atoms with Gasteiger partial charge in [0, 0.05) is 30.8 Å². The minimum atomic E-state index is -0.556. The van der Waals surface area contributed by atoms with E-state index < -0.39 is 16.7 Å². The molecule has 2 rings (SSSR count). The molecule has 0 aromatic heterocycles. The van der Waals surface area contributed by atoms with Crippen LogP contribution < -0.4 is 10.6 Å². The largest absolute Gasteiger partial charge is 0.396 e. The SMILES string of the molecule is CC(C)(C)c1ccc(C(=O)NC(=Cc2cccc([N+](=O)[O-])c2)C(=O)NCCCO)cc1. The van der Waals surface area contributed by atoms with Crippen LogP contribution in [0.25, 0.3) is 6.08 Å². The van der Waals surface area contributed by atoms with Crippen LogP contribution >= 0.6 is 0 Å². The highest BCUT2D eigenvalue weighted by Crippen LogP contribution is 2.22. The predicted molar refractivity (Wildman–Crippen MR) is 118 cm³/mol. The van der Waals surface area contributed by atoms with Crippen molar-refractivity contribution in [2.24, 2.45) is 0 Å². The second-order valence-corrected chi connectivity index (χ2v) is 8.02. The highest BCUT2D eigenvalue weighted by atomic mass is 16.6. The van der Waals surface area contributed by atoms with Gasteiger partial charge in [-0.2, -0.15) is 0 Å². The summed E-state index contributed by atoms with van der Waals surface area (Å²) in [6.45, 7) is 6.34. The van der Waals surface area contributed by atoms with Gasteiger partial charge in [0.15, 0.2) is 0 Å². The summed E-state index contributed by atoms with van der Waals surface area (Å²) in [5.74, 6) is -1.03. The minimum absolute atomic E-state index is 0.0525. The summed E-state index contributed by atoms with van der Waals surface area (Å²) in [6, 6.07) is 12.8. The number of hydrogen-bond acceptors (Lipinski definition) is 5. The normalized spacial score (nSPS) is 11.7. The third-order valence-corrected chi connectivity index (χ3v) is 4.52. The summed E-state index contributed by atoms with van der Waals surface area (Å²) in [6.07, 6.45) is 1.74. The number of non-ortho nitro benzene ring substituents is 1. The lowest BCUT2D eigenvalue weighted by atomic mass is 9.87. The first-order chi connectivity index (χ1) is 14.6. The first kappa shape index (κ1) is 23.8. The van der Waals surface area contributed by atoms with Gasteiger partial charge in [-0.15, -0.1) is 0 Å². The summed E-state index contributed by atoms with van der Waals surface area (Å²) < 4.78 is 0. The average Bonchev–Trinajstić information content (AvgIpc) is 2.73. The lowest BCUT2D eigenvalue weighted by Crippen LogP contribution is -2.35. The van der Waals surface area contributed by atoms with Gasteiger partial charge in [-0.05, 0) is 41.2 Å². The maximum absolute atomic E-state index is 12.7. The number of nitro benzene ring substituents is 1. The molecule has 164 valence electrons. The maximum atomic E-state index is 12.7. The molecule has 2 amide bonds. The summed E-state index contributed by atoms with van der Waals surface area (Å²) in [4.78, 5) is 35.8. The summed E-state index contributed by atoms with van der Waals surface area (Å²) in [5.41, 5.74) is 1.60. The molecule has 0 spiro atoms. The zero-order valence-corrected chi connectivity index (χ0v) is 17.8. The summed E-state index contributed by atoms with van der Waals surface area (Å²) >= 11 is 0. The second-order valence-electron chi connectivity index (χ2n) is 8.02. The van der Waals surface area contributed by atoms with E-state index in [4.69, 9.17) is 5.11 Å². The quantitative estimate of drug-likeness (QED) is 0.260. The molecule has 0 atom stereocenters. The van der Waals surface area contributed by atoms with Gasteiger partial charge in [-0.3, -0.25) is 19.7 Å². The Morgan fingerprint density at radius 2 is 1.81 bits per heavy atom. The molecule has 2 aromatic rings. The summed E-state index contributed by atoms with van der Waals surface area (Å²) in [7, 11) is 0. The predicted octanol–water partition coefficient (Wildman–Crippen LogP) is 3.16. The fraction of sp³-hybridized carbons (Fsp3) is 0.304. The van der Waals surface area contributed by atoms with E-state index in [1.807, 2.05) is 12.1 Å². The Morgan fingerprint density at radius 3 is 2.39 bits per heavy atom. The standard InChI is InChI=1S/C23H27N3O5/c1-23(2,3)18-10-8-17(9-11-18)21(28)25-20(22(29)24-12-5-13-27)15-16-6-4-7-19(14-16)26(30)31/h4,6-11,14-15,27H,5,12-13H2,1-3H3,(H,24,29)(H,25,28). The lowest BCUT2D eigenvalue weighted by molar-refractivity contribution is -0.384. The van der Waals surface area contributed by atoms with E-state index in [0.29, 0.717) is 17.5 Å². The van der Waals surface area contributed by atoms with Crippen LogP contribution in [0.2, 0.25) is 0 Å². The number of nitro groups is 1. The van der Waals surface area contributed by atoms with Crippen molar-refractivity contribution in [2.75, 3.05) is 13.2 Å². The van der Waals surface area contributed by atoms with Crippen LogP contribution in [0.4, 0.5) is 5.69 Å². The average molecular weight is 425 g/mol. The Kier molecular flexibility index (Phi) is 8.04. The van der Waals surface area contributed by atoms with Gasteiger partial charge < -0.3 is 15.7 Å². The Hall–Kier alpha value is -3.52. The number of aliphatic hydroxyl groups is 1. The van der Waals surface area contributed by atoms with Gasteiger partial charge in [0.2, 0.25) is 0 Å². The number of aliphatic hydroxyl groups excluding tert-OH is 1. The topological polar surface area (TPSA) is 122 Å². The lowest BCUT2D eigenvalue weighted by Gasteiger charge is -2.19. The molecule has 0 saturated carbocycles. The number of benzene rings is 2. The molecule has 0 radical (unpaired) electrons. The van der Waals surface area contributed by atoms with Crippen LogP contribution in [0.5, 0.6) is 0 Å². The van der Waals surface area contributed by atoms with Crippen LogP contribution in [-0.2, 0) is 10.2 Å². The molecule has 0 aliphatic rings. The van der Waals surface area contributed by atoms with Gasteiger partial charge in [-0.1, -0.05) is 45.0 Å². The van der Waals surface area contributed by atoms with Gasteiger partial charge in [0.05, 0.1) is 4.92 Å². The van der Waals surface area contributed by atoms with Gasteiger partial charge in [0.1, 0.15) is 5.70 Å². The van der Waals surface area contributed by atoms with Gasteiger partial charge >= 0.3 is 0 Å². The Balaban J connectivity index is 2.30. The number of carbonyl (C=O) groups is 2. The molecule has 8 heteroatoms. The van der Waals surface area contributed by atoms with Gasteiger partial charge in [-0.25, -0.2) is 0 Å². The molecule has 0 fully saturated rings. The van der Waals surface area contributed by atoms with Crippen LogP contribution in [0, 0.1) is 10.1 Å². The summed E-state index contributed by atoms with van der Waals surface area (Å²) in [5, 5.41) is 25.1. The monoisotopic (exact) mass is 425 g/mol. The molecular formula is C23H27N3O5.